The predicted octanol–water partition coefficient (Wildman–Crippen LogP) is 5.57. The molecule has 0 aliphatic rings. The number of carboxylic acid groups (broad SMARTS) is 1. The molecule has 136 valence electrons. The van der Waals surface area contributed by atoms with Crippen molar-refractivity contribution in [2.24, 2.45) is 0 Å². The number of aliphatic carboxylic acids is 1. The Bertz CT molecular complexity index is 923. The van der Waals surface area contributed by atoms with E-state index in [4.69, 9.17) is 11.6 Å². The molecule has 0 radical (unpaired) electrons. The molecular formula is C23H19ClO3. The molecule has 3 nitrogen and oxygen atoms in total. The number of ketones is 1. The Hall–Kier alpha value is -2.91. The van der Waals surface area contributed by atoms with E-state index in [1.165, 1.54) is 0 Å². The molecule has 3 rings (SSSR count). The van der Waals surface area contributed by atoms with Gasteiger partial charge in [0.05, 0.1) is 5.92 Å². The number of carbonyl (C=O) groups excluding carboxylic acids is 1. The maximum atomic E-state index is 12.9. The Morgan fingerprint density at radius 1 is 0.815 bits per heavy atom. The van der Waals surface area contributed by atoms with Crippen molar-refractivity contribution in [3.8, 4) is 0 Å². The molecule has 0 aromatic heterocycles. The maximum Gasteiger partial charge on any atom is 0.311 e. The van der Waals surface area contributed by atoms with E-state index >= 15 is 0 Å². The van der Waals surface area contributed by atoms with Gasteiger partial charge in [0.1, 0.15) is 0 Å². The quantitative estimate of drug-likeness (QED) is 0.547. The number of benzene rings is 3. The number of Topliss-reactive ketones (excluding diaryl/α,β-unsaturated/α-hetero) is 1. The van der Waals surface area contributed by atoms with Crippen LogP contribution in [0.15, 0.2) is 84.9 Å². The van der Waals surface area contributed by atoms with Crippen LogP contribution in [0.1, 0.15) is 39.7 Å². The summed E-state index contributed by atoms with van der Waals surface area (Å²) in [6, 6.07) is 25.0. The van der Waals surface area contributed by atoms with Gasteiger partial charge >= 0.3 is 5.97 Å². The third kappa shape index (κ3) is 4.44. The lowest BCUT2D eigenvalue weighted by Crippen LogP contribution is -2.23. The highest BCUT2D eigenvalue weighted by molar-refractivity contribution is 6.31. The Balaban J connectivity index is 2.05. The van der Waals surface area contributed by atoms with Crippen molar-refractivity contribution in [3.63, 3.8) is 0 Å². The molecule has 0 aliphatic heterocycles. The zero-order valence-corrected chi connectivity index (χ0v) is 15.3. The van der Waals surface area contributed by atoms with Crippen molar-refractivity contribution in [3.05, 3.63) is 107 Å². The lowest BCUT2D eigenvalue weighted by atomic mass is 9.78. The van der Waals surface area contributed by atoms with Crippen LogP contribution in [0.4, 0.5) is 0 Å². The maximum absolute atomic E-state index is 12.9. The highest BCUT2D eigenvalue weighted by atomic mass is 35.5. The van der Waals surface area contributed by atoms with Gasteiger partial charge in [-0.3, -0.25) is 9.59 Å². The molecule has 0 heterocycles. The minimum Gasteiger partial charge on any atom is -0.481 e. The monoisotopic (exact) mass is 378 g/mol. The fraction of sp³-hybridized carbons (Fsp3) is 0.130. The molecule has 0 saturated heterocycles. The topological polar surface area (TPSA) is 54.4 Å². The van der Waals surface area contributed by atoms with Gasteiger partial charge in [0.15, 0.2) is 5.78 Å². The minimum absolute atomic E-state index is 0.0552. The largest absolute Gasteiger partial charge is 0.481 e. The third-order valence-corrected chi connectivity index (χ3v) is 4.98. The van der Waals surface area contributed by atoms with Crippen molar-refractivity contribution < 1.29 is 14.7 Å². The van der Waals surface area contributed by atoms with Gasteiger partial charge in [-0.2, -0.15) is 0 Å². The molecule has 0 saturated carbocycles. The normalized spacial score (nSPS) is 12.9. The van der Waals surface area contributed by atoms with E-state index in [-0.39, 0.29) is 12.2 Å². The molecule has 0 aliphatic carbocycles. The molecule has 3 aromatic carbocycles. The predicted molar refractivity (Wildman–Crippen MR) is 106 cm³/mol. The van der Waals surface area contributed by atoms with Gasteiger partial charge in [-0.05, 0) is 17.2 Å². The molecule has 0 fully saturated rings. The fourth-order valence-corrected chi connectivity index (χ4v) is 3.61. The first kappa shape index (κ1) is 18.9. The second kappa shape index (κ2) is 8.65. The van der Waals surface area contributed by atoms with Crippen LogP contribution < -0.4 is 0 Å². The van der Waals surface area contributed by atoms with Gasteiger partial charge in [0.2, 0.25) is 0 Å². The summed E-state index contributed by atoms with van der Waals surface area (Å²) in [5.41, 5.74) is 1.88. The molecule has 0 unspecified atom stereocenters. The van der Waals surface area contributed by atoms with Gasteiger partial charge in [0.25, 0.3) is 0 Å². The summed E-state index contributed by atoms with van der Waals surface area (Å²) in [7, 11) is 0. The van der Waals surface area contributed by atoms with Gasteiger partial charge < -0.3 is 5.11 Å². The smallest absolute Gasteiger partial charge is 0.311 e. The van der Waals surface area contributed by atoms with Gasteiger partial charge in [0, 0.05) is 22.9 Å². The molecular weight excluding hydrogens is 360 g/mol. The molecule has 1 N–H and O–H groups in total. The first-order chi connectivity index (χ1) is 13.1. The van der Waals surface area contributed by atoms with E-state index in [0.29, 0.717) is 21.7 Å². The minimum atomic E-state index is -0.980. The van der Waals surface area contributed by atoms with Crippen molar-refractivity contribution >= 4 is 23.4 Å². The van der Waals surface area contributed by atoms with E-state index < -0.39 is 17.8 Å². The number of rotatable bonds is 7. The van der Waals surface area contributed by atoms with Crippen LogP contribution in [-0.4, -0.2) is 16.9 Å². The number of carboxylic acids is 1. The van der Waals surface area contributed by atoms with Gasteiger partial charge in [-0.1, -0.05) is 90.5 Å². The standard InChI is InChI=1S/C23H19ClO3/c24-20-14-8-7-13-18(20)19(15-21(25)16-9-3-1-4-10-16)22(23(26)27)17-11-5-2-6-12-17/h1-14,19,22H,15H2,(H,26,27)/t19-,22+/m0/s1. The average Bonchev–Trinajstić information content (AvgIpc) is 2.69. The molecule has 0 amide bonds. The lowest BCUT2D eigenvalue weighted by Gasteiger charge is -2.25. The van der Waals surface area contributed by atoms with E-state index in [2.05, 4.69) is 0 Å². The Morgan fingerprint density at radius 3 is 1.96 bits per heavy atom. The van der Waals surface area contributed by atoms with Crippen molar-refractivity contribution in [1.82, 2.24) is 0 Å². The molecule has 0 spiro atoms. The third-order valence-electron chi connectivity index (χ3n) is 4.63. The van der Waals surface area contributed by atoms with Crippen LogP contribution in [0.2, 0.25) is 5.02 Å². The molecule has 0 bridgehead atoms. The van der Waals surface area contributed by atoms with Crippen LogP contribution >= 0.6 is 11.6 Å². The molecule has 2 atom stereocenters. The second-order valence-corrected chi connectivity index (χ2v) is 6.76. The first-order valence-electron chi connectivity index (χ1n) is 8.68. The molecule has 27 heavy (non-hydrogen) atoms. The summed E-state index contributed by atoms with van der Waals surface area (Å²) in [5, 5.41) is 10.4. The highest BCUT2D eigenvalue weighted by Crippen LogP contribution is 2.39. The lowest BCUT2D eigenvalue weighted by molar-refractivity contribution is -0.139. The van der Waals surface area contributed by atoms with E-state index in [9.17, 15) is 14.7 Å². The van der Waals surface area contributed by atoms with Crippen LogP contribution in [-0.2, 0) is 4.79 Å². The number of halogens is 1. The fourth-order valence-electron chi connectivity index (χ4n) is 3.33. The Kier molecular flexibility index (Phi) is 6.05. The van der Waals surface area contributed by atoms with Crippen LogP contribution in [0, 0.1) is 0 Å². The number of carbonyl (C=O) groups is 2. The summed E-state index contributed by atoms with van der Waals surface area (Å²) < 4.78 is 0. The number of hydrogen-bond donors (Lipinski definition) is 1. The van der Waals surface area contributed by atoms with Gasteiger partial charge in [-0.15, -0.1) is 0 Å². The summed E-state index contributed by atoms with van der Waals surface area (Å²) >= 11 is 6.38. The van der Waals surface area contributed by atoms with Gasteiger partial charge in [-0.25, -0.2) is 0 Å². The van der Waals surface area contributed by atoms with E-state index in [0.717, 1.165) is 0 Å². The van der Waals surface area contributed by atoms with Crippen molar-refractivity contribution in [2.75, 3.05) is 0 Å². The summed E-state index contributed by atoms with van der Waals surface area (Å²) in [4.78, 5) is 25.1. The first-order valence-corrected chi connectivity index (χ1v) is 9.06. The summed E-state index contributed by atoms with van der Waals surface area (Å²) in [6.45, 7) is 0. The average molecular weight is 379 g/mol. The zero-order chi connectivity index (χ0) is 19.2. The SMILES string of the molecule is O=C(C[C@@H](c1ccccc1Cl)[C@H](C(=O)O)c1ccccc1)c1ccccc1. The van der Waals surface area contributed by atoms with Crippen LogP contribution in [0.5, 0.6) is 0 Å². The van der Waals surface area contributed by atoms with Crippen LogP contribution in [0.3, 0.4) is 0 Å². The van der Waals surface area contributed by atoms with E-state index in [1.807, 2.05) is 18.2 Å². The molecule has 4 heteroatoms. The highest BCUT2D eigenvalue weighted by Gasteiger charge is 2.34. The Labute approximate surface area is 163 Å². The Morgan fingerprint density at radius 2 is 1.37 bits per heavy atom. The van der Waals surface area contributed by atoms with E-state index in [1.54, 1.807) is 66.7 Å². The zero-order valence-electron chi connectivity index (χ0n) is 14.6. The number of hydrogen-bond acceptors (Lipinski definition) is 2. The summed E-state index contributed by atoms with van der Waals surface area (Å²) in [6.07, 6.45) is 0.0552. The summed E-state index contributed by atoms with van der Waals surface area (Å²) in [5.74, 6) is -2.54. The van der Waals surface area contributed by atoms with Crippen LogP contribution in [0.25, 0.3) is 0 Å². The molecule has 3 aromatic rings. The van der Waals surface area contributed by atoms with Crippen molar-refractivity contribution in [2.45, 2.75) is 18.3 Å². The second-order valence-electron chi connectivity index (χ2n) is 6.35. The van der Waals surface area contributed by atoms with Crippen molar-refractivity contribution in [1.29, 1.82) is 0 Å².